The fourth-order valence-electron chi connectivity index (χ4n) is 2.58. The number of nitrogens with one attached hydrogen (secondary N) is 1. The van der Waals surface area contributed by atoms with E-state index in [9.17, 15) is 0 Å². The summed E-state index contributed by atoms with van der Waals surface area (Å²) in [4.78, 5) is 4.39. The van der Waals surface area contributed by atoms with E-state index in [1.54, 1.807) is 7.11 Å². The number of hydrogen-bond acceptors (Lipinski definition) is 2. The summed E-state index contributed by atoms with van der Waals surface area (Å²) in [5, 5.41) is 8.05. The molecular formula is C16H22N2O. The Hall–Kier alpha value is -1.64. The molecule has 2 rings (SSSR count). The molecule has 0 amide bonds. The van der Waals surface area contributed by atoms with Gasteiger partial charge in [0.1, 0.15) is 0 Å². The smallest absolute Gasteiger partial charge is 0.192 e. The molecule has 0 aliphatic heterocycles. The van der Waals surface area contributed by atoms with Gasteiger partial charge in [-0.3, -0.25) is 5.41 Å². The van der Waals surface area contributed by atoms with Crippen LogP contribution in [0.1, 0.15) is 38.2 Å². The molecule has 1 aliphatic carbocycles. The monoisotopic (exact) mass is 258 g/mol. The zero-order valence-electron chi connectivity index (χ0n) is 11.7. The van der Waals surface area contributed by atoms with Crippen molar-refractivity contribution in [2.75, 3.05) is 7.11 Å². The summed E-state index contributed by atoms with van der Waals surface area (Å²) < 4.78 is 5.43. The van der Waals surface area contributed by atoms with Crippen molar-refractivity contribution in [3.63, 3.8) is 0 Å². The maximum atomic E-state index is 8.05. The van der Waals surface area contributed by atoms with Gasteiger partial charge in [0.15, 0.2) is 11.7 Å². The van der Waals surface area contributed by atoms with Crippen LogP contribution in [0.3, 0.4) is 0 Å². The summed E-state index contributed by atoms with van der Waals surface area (Å²) in [5.41, 5.74) is 0.834. The third-order valence-electron chi connectivity index (χ3n) is 3.84. The van der Waals surface area contributed by atoms with Crippen molar-refractivity contribution in [2.45, 2.75) is 32.6 Å². The van der Waals surface area contributed by atoms with Gasteiger partial charge >= 0.3 is 0 Å². The van der Waals surface area contributed by atoms with Gasteiger partial charge < -0.3 is 4.74 Å². The maximum Gasteiger partial charge on any atom is 0.192 e. The summed E-state index contributed by atoms with van der Waals surface area (Å²) in [7, 11) is 1.66. The van der Waals surface area contributed by atoms with E-state index in [2.05, 4.69) is 11.9 Å². The Bertz CT molecular complexity index is 445. The second kappa shape index (κ2) is 6.50. The highest BCUT2D eigenvalue weighted by Crippen LogP contribution is 2.29. The summed E-state index contributed by atoms with van der Waals surface area (Å²) >= 11 is 0. The topological polar surface area (TPSA) is 45.4 Å². The zero-order chi connectivity index (χ0) is 13.7. The normalized spacial score (nSPS) is 24.0. The lowest BCUT2D eigenvalue weighted by atomic mass is 9.83. The zero-order valence-corrected chi connectivity index (χ0v) is 11.7. The minimum Gasteiger partial charge on any atom is -0.484 e. The number of nitrogens with zero attached hydrogens (tertiary/aromatic N) is 1. The first-order valence-electron chi connectivity index (χ1n) is 6.97. The van der Waals surface area contributed by atoms with E-state index >= 15 is 0 Å². The summed E-state index contributed by atoms with van der Waals surface area (Å²) in [5.74, 6) is 2.20. The molecule has 1 fully saturated rings. The second-order valence-corrected chi connectivity index (χ2v) is 5.33. The van der Waals surface area contributed by atoms with Crippen LogP contribution in [0.5, 0.6) is 0 Å². The highest BCUT2D eigenvalue weighted by Gasteiger charge is 2.23. The molecule has 102 valence electrons. The molecule has 0 heterocycles. The lowest BCUT2D eigenvalue weighted by Crippen LogP contribution is -2.23. The van der Waals surface area contributed by atoms with Crippen LogP contribution in [0.2, 0.25) is 0 Å². The van der Waals surface area contributed by atoms with Gasteiger partial charge in [0.2, 0.25) is 0 Å². The van der Waals surface area contributed by atoms with Gasteiger partial charge in [-0.05, 0) is 31.6 Å². The molecule has 3 heteroatoms. The SMILES string of the molecule is COC(=NC(=N)c1ccccc1)C1CCC(C)CC1. The van der Waals surface area contributed by atoms with Crippen molar-refractivity contribution in [2.24, 2.45) is 16.8 Å². The molecule has 1 N–H and O–H groups in total. The predicted molar refractivity (Wildman–Crippen MR) is 78.8 cm³/mol. The van der Waals surface area contributed by atoms with Crippen LogP contribution in [0.15, 0.2) is 35.3 Å². The molecule has 1 aliphatic rings. The van der Waals surface area contributed by atoms with E-state index in [0.29, 0.717) is 5.92 Å². The molecule has 0 saturated heterocycles. The van der Waals surface area contributed by atoms with Crippen molar-refractivity contribution >= 4 is 11.7 Å². The molecule has 0 aromatic heterocycles. The Morgan fingerprint density at radius 3 is 2.37 bits per heavy atom. The molecule has 0 unspecified atom stereocenters. The fourth-order valence-corrected chi connectivity index (χ4v) is 2.58. The van der Waals surface area contributed by atoms with Crippen molar-refractivity contribution in [3.8, 4) is 0 Å². The van der Waals surface area contributed by atoms with Gasteiger partial charge in [-0.2, -0.15) is 4.99 Å². The number of rotatable bonds is 2. The molecule has 0 atom stereocenters. The Balaban J connectivity index is 2.08. The first-order valence-corrected chi connectivity index (χ1v) is 6.97. The van der Waals surface area contributed by atoms with Crippen molar-refractivity contribution in [1.29, 1.82) is 5.41 Å². The van der Waals surface area contributed by atoms with E-state index < -0.39 is 0 Å². The van der Waals surface area contributed by atoms with Crippen LogP contribution in [0.25, 0.3) is 0 Å². The van der Waals surface area contributed by atoms with Crippen LogP contribution >= 0.6 is 0 Å². The lowest BCUT2D eigenvalue weighted by Gasteiger charge is -2.26. The van der Waals surface area contributed by atoms with E-state index in [1.807, 2.05) is 30.3 Å². The Morgan fingerprint density at radius 1 is 1.16 bits per heavy atom. The second-order valence-electron chi connectivity index (χ2n) is 5.33. The standard InChI is InChI=1S/C16H22N2O/c1-12-8-10-14(11-9-12)16(19-2)18-15(17)13-6-4-3-5-7-13/h3-7,12,14,17H,8-11H2,1-2H3. The first kappa shape index (κ1) is 13.8. The van der Waals surface area contributed by atoms with Gasteiger partial charge in [-0.1, -0.05) is 37.3 Å². The minimum absolute atomic E-state index is 0.288. The molecule has 1 saturated carbocycles. The van der Waals surface area contributed by atoms with E-state index in [4.69, 9.17) is 10.1 Å². The van der Waals surface area contributed by atoms with Crippen molar-refractivity contribution < 1.29 is 4.74 Å². The van der Waals surface area contributed by atoms with Gasteiger partial charge in [0.25, 0.3) is 0 Å². The predicted octanol–water partition coefficient (Wildman–Crippen LogP) is 3.88. The summed E-state index contributed by atoms with van der Waals surface area (Å²) in [6, 6.07) is 9.60. The van der Waals surface area contributed by atoms with Crippen molar-refractivity contribution in [3.05, 3.63) is 35.9 Å². The number of ether oxygens (including phenoxy) is 1. The third-order valence-corrected chi connectivity index (χ3v) is 3.84. The molecule has 1 aromatic rings. The fraction of sp³-hybridized carbons (Fsp3) is 0.500. The Morgan fingerprint density at radius 2 is 1.79 bits per heavy atom. The van der Waals surface area contributed by atoms with E-state index in [1.165, 1.54) is 12.8 Å². The average molecular weight is 258 g/mol. The molecule has 1 aromatic carbocycles. The van der Waals surface area contributed by atoms with Crippen LogP contribution in [-0.4, -0.2) is 18.8 Å². The molecular weight excluding hydrogens is 236 g/mol. The number of benzene rings is 1. The maximum absolute atomic E-state index is 8.05. The number of hydrogen-bond donors (Lipinski definition) is 1. The minimum atomic E-state index is 0.288. The summed E-state index contributed by atoms with van der Waals surface area (Å²) in [6.45, 7) is 2.30. The van der Waals surface area contributed by atoms with E-state index in [-0.39, 0.29) is 5.84 Å². The number of amidine groups is 1. The highest BCUT2D eigenvalue weighted by atomic mass is 16.5. The molecule has 19 heavy (non-hydrogen) atoms. The third kappa shape index (κ3) is 3.66. The van der Waals surface area contributed by atoms with Gasteiger partial charge in [0.05, 0.1) is 7.11 Å². The van der Waals surface area contributed by atoms with E-state index in [0.717, 1.165) is 30.2 Å². The van der Waals surface area contributed by atoms with Gasteiger partial charge in [0, 0.05) is 11.5 Å². The largest absolute Gasteiger partial charge is 0.484 e. The first-order chi connectivity index (χ1) is 9.20. The Labute approximate surface area is 115 Å². The summed E-state index contributed by atoms with van der Waals surface area (Å²) in [6.07, 6.45) is 4.70. The molecule has 0 radical (unpaired) electrons. The van der Waals surface area contributed by atoms with Crippen LogP contribution in [0.4, 0.5) is 0 Å². The lowest BCUT2D eigenvalue weighted by molar-refractivity contribution is 0.291. The van der Waals surface area contributed by atoms with Gasteiger partial charge in [-0.25, -0.2) is 0 Å². The molecule has 0 bridgehead atoms. The highest BCUT2D eigenvalue weighted by molar-refractivity contribution is 6.03. The quantitative estimate of drug-likeness (QED) is 0.635. The Kier molecular flexibility index (Phi) is 4.72. The number of methoxy groups -OCH3 is 1. The van der Waals surface area contributed by atoms with Crippen LogP contribution < -0.4 is 0 Å². The number of aliphatic imine (C=N–C) groups is 1. The van der Waals surface area contributed by atoms with Gasteiger partial charge in [-0.15, -0.1) is 0 Å². The van der Waals surface area contributed by atoms with Crippen molar-refractivity contribution in [1.82, 2.24) is 0 Å². The molecule has 3 nitrogen and oxygen atoms in total. The van der Waals surface area contributed by atoms with Crippen LogP contribution in [0, 0.1) is 17.2 Å². The van der Waals surface area contributed by atoms with Crippen LogP contribution in [-0.2, 0) is 4.74 Å². The molecule has 0 spiro atoms. The average Bonchev–Trinajstić information content (AvgIpc) is 2.46.